The Morgan fingerprint density at radius 2 is 2.25 bits per heavy atom. The third-order valence-electron chi connectivity index (χ3n) is 3.70. The lowest BCUT2D eigenvalue weighted by atomic mass is 9.86. The van der Waals surface area contributed by atoms with Crippen LogP contribution >= 0.6 is 0 Å². The summed E-state index contributed by atoms with van der Waals surface area (Å²) >= 11 is 0. The van der Waals surface area contributed by atoms with Crippen molar-refractivity contribution in [2.24, 2.45) is 5.92 Å². The van der Waals surface area contributed by atoms with Crippen molar-refractivity contribution in [3.8, 4) is 6.07 Å². The number of benzene rings is 1. The van der Waals surface area contributed by atoms with Gasteiger partial charge in [0.2, 0.25) is 0 Å². The quantitative estimate of drug-likeness (QED) is 0.885. The van der Waals surface area contributed by atoms with E-state index in [-0.39, 0.29) is 12.0 Å². The molecule has 1 aliphatic rings. The number of hydrogen-bond acceptors (Lipinski definition) is 3. The molecule has 0 amide bonds. The molecule has 1 saturated carbocycles. The number of nitrogens with zero attached hydrogens (tertiary/aromatic N) is 1. The molecule has 0 bridgehead atoms. The number of carboxylic acids is 1. The Morgan fingerprint density at radius 1 is 1.45 bits per heavy atom. The molecular formula is C15H17FN2O2. The molecule has 2 atom stereocenters. The second kappa shape index (κ2) is 6.49. The summed E-state index contributed by atoms with van der Waals surface area (Å²) in [6.07, 6.45) is 3.16. The average Bonchev–Trinajstić information content (AvgIpc) is 2.44. The van der Waals surface area contributed by atoms with Gasteiger partial charge in [-0.3, -0.25) is 4.79 Å². The fourth-order valence-corrected chi connectivity index (χ4v) is 2.68. The first-order valence-corrected chi connectivity index (χ1v) is 6.74. The molecule has 0 aromatic heterocycles. The topological polar surface area (TPSA) is 73.1 Å². The first-order valence-electron chi connectivity index (χ1n) is 6.74. The second-order valence-electron chi connectivity index (χ2n) is 5.24. The molecule has 0 radical (unpaired) electrons. The van der Waals surface area contributed by atoms with Gasteiger partial charge in [0.15, 0.2) is 0 Å². The largest absolute Gasteiger partial charge is 0.481 e. The molecular weight excluding hydrogens is 259 g/mol. The predicted octanol–water partition coefficient (Wildman–Crippen LogP) is 2.43. The molecule has 4 nitrogen and oxygen atoms in total. The minimum absolute atomic E-state index is 0.138. The van der Waals surface area contributed by atoms with Crippen LogP contribution in [0.1, 0.15) is 36.8 Å². The predicted molar refractivity (Wildman–Crippen MR) is 71.3 cm³/mol. The van der Waals surface area contributed by atoms with Crippen LogP contribution in [-0.2, 0) is 11.3 Å². The van der Waals surface area contributed by atoms with Crippen molar-refractivity contribution in [1.82, 2.24) is 5.32 Å². The van der Waals surface area contributed by atoms with Crippen molar-refractivity contribution < 1.29 is 14.3 Å². The molecule has 1 fully saturated rings. The van der Waals surface area contributed by atoms with E-state index in [2.05, 4.69) is 5.32 Å². The smallest absolute Gasteiger partial charge is 0.306 e. The highest BCUT2D eigenvalue weighted by Gasteiger charge is 2.26. The second-order valence-corrected chi connectivity index (χ2v) is 5.24. The van der Waals surface area contributed by atoms with Gasteiger partial charge in [0, 0.05) is 12.6 Å². The lowest BCUT2D eigenvalue weighted by Crippen LogP contribution is -2.36. The van der Waals surface area contributed by atoms with Crippen molar-refractivity contribution in [3.05, 3.63) is 35.1 Å². The lowest BCUT2D eigenvalue weighted by Gasteiger charge is -2.27. The zero-order chi connectivity index (χ0) is 14.5. The standard InChI is InChI=1S/C15H17FN2O2/c16-13-5-10(8-17)4-11(6-13)9-18-14-3-1-2-12(7-14)15(19)20/h4-6,12,14,18H,1-3,7,9H2,(H,19,20). The van der Waals surface area contributed by atoms with Crippen molar-refractivity contribution in [3.63, 3.8) is 0 Å². The molecule has 0 spiro atoms. The summed E-state index contributed by atoms with van der Waals surface area (Å²) in [4.78, 5) is 11.0. The number of aliphatic carboxylic acids is 1. The highest BCUT2D eigenvalue weighted by atomic mass is 19.1. The van der Waals surface area contributed by atoms with Crippen LogP contribution in [0.25, 0.3) is 0 Å². The minimum Gasteiger partial charge on any atom is -0.481 e. The molecule has 0 saturated heterocycles. The minimum atomic E-state index is -0.742. The number of nitrogens with one attached hydrogen (secondary N) is 1. The van der Waals surface area contributed by atoms with Crippen LogP contribution in [0.5, 0.6) is 0 Å². The first kappa shape index (κ1) is 14.5. The molecule has 2 rings (SSSR count). The zero-order valence-electron chi connectivity index (χ0n) is 11.1. The van der Waals surface area contributed by atoms with Gasteiger partial charge in [0.1, 0.15) is 5.82 Å². The van der Waals surface area contributed by atoms with Gasteiger partial charge in [-0.25, -0.2) is 4.39 Å². The Morgan fingerprint density at radius 3 is 2.95 bits per heavy atom. The van der Waals surface area contributed by atoms with E-state index < -0.39 is 11.8 Å². The lowest BCUT2D eigenvalue weighted by molar-refractivity contribution is -0.143. The van der Waals surface area contributed by atoms with Crippen LogP contribution in [0.15, 0.2) is 18.2 Å². The highest BCUT2D eigenvalue weighted by Crippen LogP contribution is 2.24. The van der Waals surface area contributed by atoms with E-state index in [4.69, 9.17) is 10.4 Å². The average molecular weight is 276 g/mol. The number of nitriles is 1. The van der Waals surface area contributed by atoms with Gasteiger partial charge < -0.3 is 10.4 Å². The first-order chi connectivity index (χ1) is 9.58. The zero-order valence-corrected chi connectivity index (χ0v) is 11.1. The summed E-state index contributed by atoms with van der Waals surface area (Å²) in [5, 5.41) is 21.1. The molecule has 1 aliphatic carbocycles. The van der Waals surface area contributed by atoms with Gasteiger partial charge in [-0.2, -0.15) is 5.26 Å². The van der Waals surface area contributed by atoms with Crippen molar-refractivity contribution in [2.45, 2.75) is 38.3 Å². The Kier molecular flexibility index (Phi) is 4.70. The van der Waals surface area contributed by atoms with Gasteiger partial charge >= 0.3 is 5.97 Å². The normalized spacial score (nSPS) is 22.2. The van der Waals surface area contributed by atoms with Crippen molar-refractivity contribution >= 4 is 5.97 Å². The number of carbonyl (C=O) groups is 1. The fourth-order valence-electron chi connectivity index (χ4n) is 2.68. The summed E-state index contributed by atoms with van der Waals surface area (Å²) in [5.74, 6) is -1.45. The van der Waals surface area contributed by atoms with E-state index in [0.29, 0.717) is 24.1 Å². The molecule has 0 heterocycles. The van der Waals surface area contributed by atoms with Crippen molar-refractivity contribution in [1.29, 1.82) is 5.26 Å². The summed E-state index contributed by atoms with van der Waals surface area (Å²) in [6, 6.07) is 6.30. The van der Waals surface area contributed by atoms with Gasteiger partial charge in [-0.15, -0.1) is 0 Å². The van der Waals surface area contributed by atoms with Crippen molar-refractivity contribution in [2.75, 3.05) is 0 Å². The number of halogens is 1. The molecule has 1 aromatic carbocycles. The summed E-state index contributed by atoms with van der Waals surface area (Å²) < 4.78 is 13.3. The summed E-state index contributed by atoms with van der Waals surface area (Å²) in [5.41, 5.74) is 1.01. The molecule has 1 aromatic rings. The number of hydrogen-bond donors (Lipinski definition) is 2. The Balaban J connectivity index is 1.93. The monoisotopic (exact) mass is 276 g/mol. The van der Waals surface area contributed by atoms with E-state index >= 15 is 0 Å². The maximum absolute atomic E-state index is 13.3. The van der Waals surface area contributed by atoms with E-state index in [1.165, 1.54) is 12.1 Å². The van der Waals surface area contributed by atoms with Crippen LogP contribution in [0, 0.1) is 23.1 Å². The Hall–Kier alpha value is -1.93. The maximum Gasteiger partial charge on any atom is 0.306 e. The fraction of sp³-hybridized carbons (Fsp3) is 0.467. The third kappa shape index (κ3) is 3.78. The molecule has 106 valence electrons. The molecule has 2 unspecified atom stereocenters. The van der Waals surface area contributed by atoms with Gasteiger partial charge in [0.05, 0.1) is 17.6 Å². The van der Waals surface area contributed by atoms with Gasteiger partial charge in [-0.1, -0.05) is 6.42 Å². The summed E-state index contributed by atoms with van der Waals surface area (Å²) in [7, 11) is 0. The van der Waals surface area contributed by atoms with Crippen LogP contribution in [-0.4, -0.2) is 17.1 Å². The molecule has 5 heteroatoms. The van der Waals surface area contributed by atoms with Gasteiger partial charge in [0.25, 0.3) is 0 Å². The number of carboxylic acid groups (broad SMARTS) is 1. The van der Waals surface area contributed by atoms with Crippen LogP contribution in [0.4, 0.5) is 4.39 Å². The van der Waals surface area contributed by atoms with Crippen LogP contribution in [0.2, 0.25) is 0 Å². The summed E-state index contributed by atoms with van der Waals surface area (Å²) in [6.45, 7) is 0.448. The molecule has 2 N–H and O–H groups in total. The van der Waals surface area contributed by atoms with E-state index in [1.54, 1.807) is 6.07 Å². The van der Waals surface area contributed by atoms with Crippen LogP contribution < -0.4 is 5.32 Å². The molecule has 20 heavy (non-hydrogen) atoms. The maximum atomic E-state index is 13.3. The van der Waals surface area contributed by atoms with E-state index in [0.717, 1.165) is 19.3 Å². The van der Waals surface area contributed by atoms with Gasteiger partial charge in [-0.05, 0) is 43.0 Å². The Labute approximate surface area is 117 Å². The van der Waals surface area contributed by atoms with E-state index in [9.17, 15) is 9.18 Å². The SMILES string of the molecule is N#Cc1cc(F)cc(CNC2CCCC(C(=O)O)C2)c1. The molecule has 0 aliphatic heterocycles. The Bertz CT molecular complexity index is 539. The van der Waals surface area contributed by atoms with Crippen LogP contribution in [0.3, 0.4) is 0 Å². The highest BCUT2D eigenvalue weighted by molar-refractivity contribution is 5.70. The third-order valence-corrected chi connectivity index (χ3v) is 3.70. The van der Waals surface area contributed by atoms with E-state index in [1.807, 2.05) is 6.07 Å². The number of rotatable bonds is 4.